The summed E-state index contributed by atoms with van der Waals surface area (Å²) in [6, 6.07) is 15.9. The lowest BCUT2D eigenvalue weighted by atomic mass is 10.0. The average molecular weight is 612 g/mol. The number of hydrogen-bond donors (Lipinski definition) is 2. The van der Waals surface area contributed by atoms with Crippen LogP contribution < -0.4 is 0 Å². The van der Waals surface area contributed by atoms with Crippen LogP contribution in [-0.2, 0) is 22.4 Å². The van der Waals surface area contributed by atoms with Crippen molar-refractivity contribution in [3.8, 4) is 33.8 Å². The molecule has 0 radical (unpaired) electrons. The molecule has 1 aromatic heterocycles. The predicted molar refractivity (Wildman–Crippen MR) is 141 cm³/mol. The molecule has 0 spiro atoms. The van der Waals surface area contributed by atoms with Crippen molar-refractivity contribution in [2.24, 2.45) is 0 Å². The van der Waals surface area contributed by atoms with Crippen molar-refractivity contribution in [3.05, 3.63) is 90.1 Å². The van der Waals surface area contributed by atoms with Gasteiger partial charge < -0.3 is 10.2 Å². The highest BCUT2D eigenvalue weighted by Gasteiger charge is 2.34. The lowest BCUT2D eigenvalue weighted by molar-refractivity contribution is -0.141. The van der Waals surface area contributed by atoms with Gasteiger partial charge in [0.15, 0.2) is 5.82 Å². The van der Waals surface area contributed by atoms with E-state index < -0.39 is 46.8 Å². The molecular weight excluding hydrogens is 588 g/mol. The van der Waals surface area contributed by atoms with Gasteiger partial charge in [0.25, 0.3) is 0 Å². The SMILES string of the molecule is O=S(=O)(c1cccc(-c2cccc(-c3nc(-c4ccc(C(F)(F)F)cc4)cc(C(F)(F)F)n3)c2)c1)N(CCO)CCO. The maximum atomic E-state index is 13.7. The highest BCUT2D eigenvalue weighted by molar-refractivity contribution is 7.89. The fourth-order valence-corrected chi connectivity index (χ4v) is 5.57. The first-order valence-electron chi connectivity index (χ1n) is 12.3. The monoisotopic (exact) mass is 611 g/mol. The van der Waals surface area contributed by atoms with Crippen molar-refractivity contribution in [1.82, 2.24) is 14.3 Å². The number of benzene rings is 3. The van der Waals surface area contributed by atoms with Gasteiger partial charge in [0, 0.05) is 24.2 Å². The standard InChI is InChI=1S/C28H23F6N3O4S/c29-27(30,31)22-9-7-18(8-10-22)24-17-25(28(32,33)34)36-26(35-24)21-5-1-3-19(15-21)20-4-2-6-23(16-20)42(40,41)37(11-13-38)12-14-39/h1-10,15-17,38-39H,11-14H2. The summed E-state index contributed by atoms with van der Waals surface area (Å²) < 4.78 is 107. The van der Waals surface area contributed by atoms with Crippen molar-refractivity contribution in [1.29, 1.82) is 0 Å². The first kappa shape index (κ1) is 31.1. The molecular formula is C28H23F6N3O4S. The normalized spacial score (nSPS) is 12.6. The van der Waals surface area contributed by atoms with Crippen molar-refractivity contribution in [2.45, 2.75) is 17.2 Å². The van der Waals surface area contributed by atoms with Crippen LogP contribution in [0.2, 0.25) is 0 Å². The molecule has 0 aliphatic heterocycles. The van der Waals surface area contributed by atoms with Crippen molar-refractivity contribution in [2.75, 3.05) is 26.3 Å². The van der Waals surface area contributed by atoms with Crippen LogP contribution in [0, 0.1) is 0 Å². The van der Waals surface area contributed by atoms with Crippen molar-refractivity contribution < 1.29 is 45.0 Å². The third-order valence-corrected chi connectivity index (χ3v) is 8.04. The summed E-state index contributed by atoms with van der Waals surface area (Å²) >= 11 is 0. The Morgan fingerprint density at radius 2 is 1.24 bits per heavy atom. The molecule has 4 rings (SSSR count). The summed E-state index contributed by atoms with van der Waals surface area (Å²) in [6.45, 7) is -1.41. The van der Waals surface area contributed by atoms with E-state index in [1.807, 2.05) is 0 Å². The van der Waals surface area contributed by atoms with Crippen LogP contribution in [0.1, 0.15) is 11.3 Å². The zero-order chi connectivity index (χ0) is 30.7. The van der Waals surface area contributed by atoms with Crippen molar-refractivity contribution >= 4 is 10.0 Å². The van der Waals surface area contributed by atoms with Gasteiger partial charge in [-0.15, -0.1) is 0 Å². The second-order valence-electron chi connectivity index (χ2n) is 8.99. The van der Waals surface area contributed by atoms with Gasteiger partial charge in [0.1, 0.15) is 5.69 Å². The minimum absolute atomic E-state index is 0.0153. The molecule has 0 saturated heterocycles. The average Bonchev–Trinajstić information content (AvgIpc) is 2.96. The number of nitrogens with zero attached hydrogens (tertiary/aromatic N) is 3. The lowest BCUT2D eigenvalue weighted by Crippen LogP contribution is -2.35. The lowest BCUT2D eigenvalue weighted by Gasteiger charge is -2.20. The molecule has 222 valence electrons. The fraction of sp³-hybridized carbons (Fsp3) is 0.214. The van der Waals surface area contributed by atoms with Crippen LogP contribution in [-0.4, -0.2) is 59.2 Å². The van der Waals surface area contributed by atoms with E-state index in [2.05, 4.69) is 9.97 Å². The van der Waals surface area contributed by atoms with E-state index in [0.717, 1.165) is 28.6 Å². The molecule has 0 saturated carbocycles. The summed E-state index contributed by atoms with van der Waals surface area (Å²) in [6.07, 6.45) is -9.51. The van der Waals surface area contributed by atoms with Crippen LogP contribution in [0.4, 0.5) is 26.3 Å². The summed E-state index contributed by atoms with van der Waals surface area (Å²) in [4.78, 5) is 7.71. The third-order valence-electron chi connectivity index (χ3n) is 6.15. The van der Waals surface area contributed by atoms with Crippen LogP contribution in [0.5, 0.6) is 0 Å². The second-order valence-corrected chi connectivity index (χ2v) is 10.9. The zero-order valence-corrected chi connectivity index (χ0v) is 22.4. The predicted octanol–water partition coefficient (Wildman–Crippen LogP) is 5.49. The van der Waals surface area contributed by atoms with E-state index in [-0.39, 0.29) is 40.6 Å². The van der Waals surface area contributed by atoms with E-state index in [0.29, 0.717) is 17.2 Å². The minimum Gasteiger partial charge on any atom is -0.395 e. The molecule has 14 heteroatoms. The van der Waals surface area contributed by atoms with Gasteiger partial charge in [-0.3, -0.25) is 0 Å². The number of alkyl halides is 6. The van der Waals surface area contributed by atoms with Crippen LogP contribution in [0.25, 0.3) is 33.8 Å². The Hall–Kier alpha value is -3.85. The molecule has 7 nitrogen and oxygen atoms in total. The largest absolute Gasteiger partial charge is 0.433 e. The first-order chi connectivity index (χ1) is 19.7. The molecule has 3 aromatic carbocycles. The number of rotatable bonds is 9. The van der Waals surface area contributed by atoms with E-state index in [4.69, 9.17) is 0 Å². The quantitative estimate of drug-likeness (QED) is 0.243. The number of aliphatic hydroxyl groups excluding tert-OH is 2. The summed E-state index contributed by atoms with van der Waals surface area (Å²) in [5, 5.41) is 18.5. The van der Waals surface area contributed by atoms with Gasteiger partial charge in [-0.1, -0.05) is 42.5 Å². The Balaban J connectivity index is 1.77. The van der Waals surface area contributed by atoms with Gasteiger partial charge in [-0.25, -0.2) is 18.4 Å². The minimum atomic E-state index is -4.88. The zero-order valence-electron chi connectivity index (χ0n) is 21.6. The molecule has 42 heavy (non-hydrogen) atoms. The van der Waals surface area contributed by atoms with Crippen molar-refractivity contribution in [3.63, 3.8) is 0 Å². The van der Waals surface area contributed by atoms with Crippen LogP contribution in [0.3, 0.4) is 0 Å². The highest BCUT2D eigenvalue weighted by Crippen LogP contribution is 2.35. The third kappa shape index (κ3) is 6.95. The van der Waals surface area contributed by atoms with E-state index in [9.17, 15) is 45.0 Å². The summed E-state index contributed by atoms with van der Waals surface area (Å²) in [5.74, 6) is -0.345. The second kappa shape index (κ2) is 12.2. The molecule has 0 fully saturated rings. The molecule has 1 heterocycles. The molecule has 2 N–H and O–H groups in total. The van der Waals surface area contributed by atoms with Gasteiger partial charge in [0.05, 0.1) is 29.4 Å². The Bertz CT molecular complexity index is 1650. The van der Waals surface area contributed by atoms with E-state index >= 15 is 0 Å². The fourth-order valence-electron chi connectivity index (χ4n) is 4.10. The molecule has 0 bridgehead atoms. The Morgan fingerprint density at radius 1 is 0.667 bits per heavy atom. The number of hydrogen-bond acceptors (Lipinski definition) is 6. The topological polar surface area (TPSA) is 104 Å². The van der Waals surface area contributed by atoms with Gasteiger partial charge in [-0.2, -0.15) is 30.6 Å². The molecule has 0 aliphatic rings. The molecule has 0 unspecified atom stereocenters. The Kier molecular flexibility index (Phi) is 9.01. The van der Waals surface area contributed by atoms with Crippen LogP contribution >= 0.6 is 0 Å². The Labute approximate surface area is 236 Å². The Morgan fingerprint density at radius 3 is 1.81 bits per heavy atom. The van der Waals surface area contributed by atoms with Gasteiger partial charge in [-0.05, 0) is 47.5 Å². The maximum absolute atomic E-state index is 13.7. The van der Waals surface area contributed by atoms with Gasteiger partial charge in [0.2, 0.25) is 10.0 Å². The number of aromatic nitrogens is 2. The number of halogens is 6. The van der Waals surface area contributed by atoms with E-state index in [1.54, 1.807) is 12.1 Å². The maximum Gasteiger partial charge on any atom is 0.433 e. The van der Waals surface area contributed by atoms with Gasteiger partial charge >= 0.3 is 12.4 Å². The van der Waals surface area contributed by atoms with E-state index in [1.165, 1.54) is 36.4 Å². The molecule has 4 aromatic rings. The number of aliphatic hydroxyl groups is 2. The first-order valence-corrected chi connectivity index (χ1v) is 13.7. The molecule has 0 aliphatic carbocycles. The molecule has 0 amide bonds. The number of sulfonamides is 1. The summed E-state index contributed by atoms with van der Waals surface area (Å²) in [7, 11) is -4.10. The summed E-state index contributed by atoms with van der Waals surface area (Å²) in [5.41, 5.74) is -1.55. The molecule has 0 atom stereocenters. The smallest absolute Gasteiger partial charge is 0.395 e. The highest BCUT2D eigenvalue weighted by atomic mass is 32.2. The van der Waals surface area contributed by atoms with Crippen LogP contribution in [0.15, 0.2) is 83.8 Å².